The van der Waals surface area contributed by atoms with Gasteiger partial charge in [-0.15, -0.1) is 13.2 Å². The van der Waals surface area contributed by atoms with Gasteiger partial charge in [-0.2, -0.15) is 0 Å². The van der Waals surface area contributed by atoms with Crippen LogP contribution in [0.1, 0.15) is 55.5 Å². The number of hydrogen-bond donors (Lipinski definition) is 1. The summed E-state index contributed by atoms with van der Waals surface area (Å²) in [7, 11) is -3.36. The van der Waals surface area contributed by atoms with Gasteiger partial charge in [-0.25, -0.2) is 12.7 Å². The molecule has 1 atom stereocenters. The topological polar surface area (TPSA) is 75.7 Å². The molecule has 35 heavy (non-hydrogen) atoms. The molecule has 0 spiro atoms. The number of benzene rings is 2. The van der Waals surface area contributed by atoms with Crippen molar-refractivity contribution in [2.24, 2.45) is 0 Å². The van der Waals surface area contributed by atoms with Crippen molar-refractivity contribution in [1.29, 1.82) is 0 Å². The lowest BCUT2D eigenvalue weighted by molar-refractivity contribution is -0.274. The number of carbonyl (C=O) groups excluding carboxylic acids is 1. The Morgan fingerprint density at radius 2 is 1.66 bits per heavy atom. The van der Waals surface area contributed by atoms with Crippen molar-refractivity contribution in [2.45, 2.75) is 57.3 Å². The minimum atomic E-state index is -4.93. The van der Waals surface area contributed by atoms with E-state index < -0.39 is 39.5 Å². The first kappa shape index (κ1) is 27.0. The van der Waals surface area contributed by atoms with Gasteiger partial charge in [0, 0.05) is 24.5 Å². The summed E-state index contributed by atoms with van der Waals surface area (Å²) in [6.07, 6.45) is -2.96. The van der Waals surface area contributed by atoms with Crippen LogP contribution >= 0.6 is 0 Å². The highest BCUT2D eigenvalue weighted by Gasteiger charge is 2.45. The number of sulfonamides is 1. The largest absolute Gasteiger partial charge is 0.573 e. The molecule has 1 saturated heterocycles. The smallest absolute Gasteiger partial charge is 0.405 e. The predicted octanol–water partition coefficient (Wildman–Crippen LogP) is 4.87. The quantitative estimate of drug-likeness (QED) is 0.520. The summed E-state index contributed by atoms with van der Waals surface area (Å²) < 4.78 is 69.4. The number of carbonyl (C=O) groups is 1. The first-order chi connectivity index (χ1) is 16.5. The number of ether oxygens (including phenoxy) is 1. The molecular formula is C25H31F3N2O4S. The van der Waals surface area contributed by atoms with Crippen molar-refractivity contribution < 1.29 is 31.1 Å². The highest BCUT2D eigenvalue weighted by Crippen LogP contribution is 2.41. The number of rotatable bonds is 9. The molecular weight excluding hydrogens is 481 g/mol. The van der Waals surface area contributed by atoms with E-state index in [1.165, 1.54) is 22.5 Å². The fourth-order valence-corrected chi connectivity index (χ4v) is 6.41. The second-order valence-electron chi connectivity index (χ2n) is 8.72. The Morgan fingerprint density at radius 1 is 1.06 bits per heavy atom. The molecule has 0 aromatic heterocycles. The third-order valence-corrected chi connectivity index (χ3v) is 8.63. The third kappa shape index (κ3) is 6.35. The van der Waals surface area contributed by atoms with Crippen molar-refractivity contribution >= 4 is 15.9 Å². The number of alkyl halides is 3. The number of halogens is 3. The van der Waals surface area contributed by atoms with Crippen LogP contribution in [0.3, 0.4) is 0 Å². The maximum Gasteiger partial charge on any atom is 0.573 e. The van der Waals surface area contributed by atoms with Crippen LogP contribution in [0.2, 0.25) is 0 Å². The molecule has 1 N–H and O–H groups in total. The zero-order valence-corrected chi connectivity index (χ0v) is 20.7. The van der Waals surface area contributed by atoms with Crippen LogP contribution in [-0.4, -0.2) is 49.9 Å². The van der Waals surface area contributed by atoms with E-state index in [1.54, 1.807) is 0 Å². The Balaban J connectivity index is 1.91. The van der Waals surface area contributed by atoms with Crippen molar-refractivity contribution in [3.05, 3.63) is 65.7 Å². The summed E-state index contributed by atoms with van der Waals surface area (Å²) in [5, 5.41) is 2.94. The van der Waals surface area contributed by atoms with Gasteiger partial charge >= 0.3 is 6.36 Å². The SMILES string of the molecule is CCCS(=O)(=O)N1CCC(c2ccccc2)(C(CC)NC(=O)c2ccccc2OC(F)(F)F)CC1. The molecule has 10 heteroatoms. The summed E-state index contributed by atoms with van der Waals surface area (Å²) in [4.78, 5) is 13.2. The molecule has 1 unspecified atom stereocenters. The van der Waals surface area contributed by atoms with E-state index in [4.69, 9.17) is 0 Å². The van der Waals surface area contributed by atoms with Crippen LogP contribution in [0.25, 0.3) is 0 Å². The maximum absolute atomic E-state index is 13.2. The minimum absolute atomic E-state index is 0.0786. The molecule has 1 aliphatic rings. The Labute approximate surface area is 204 Å². The number of amides is 1. The molecule has 1 heterocycles. The Morgan fingerprint density at radius 3 is 2.23 bits per heavy atom. The van der Waals surface area contributed by atoms with Gasteiger partial charge in [-0.3, -0.25) is 4.79 Å². The Kier molecular flexibility index (Phi) is 8.48. The normalized spacial score (nSPS) is 17.5. The number of para-hydroxylation sites is 1. The summed E-state index contributed by atoms with van der Waals surface area (Å²) in [5.74, 6) is -1.16. The van der Waals surface area contributed by atoms with Gasteiger partial charge in [0.1, 0.15) is 5.75 Å². The van der Waals surface area contributed by atoms with Gasteiger partial charge in [-0.05, 0) is 43.4 Å². The van der Waals surface area contributed by atoms with Gasteiger partial charge in [0.2, 0.25) is 10.0 Å². The lowest BCUT2D eigenvalue weighted by atomic mass is 9.67. The van der Waals surface area contributed by atoms with Crippen LogP contribution in [-0.2, 0) is 15.4 Å². The molecule has 0 bridgehead atoms. The van der Waals surface area contributed by atoms with E-state index in [9.17, 15) is 26.4 Å². The average molecular weight is 513 g/mol. The molecule has 0 radical (unpaired) electrons. The highest BCUT2D eigenvalue weighted by molar-refractivity contribution is 7.89. The van der Waals surface area contributed by atoms with Gasteiger partial charge < -0.3 is 10.1 Å². The van der Waals surface area contributed by atoms with Gasteiger partial charge in [-0.1, -0.05) is 56.3 Å². The first-order valence-electron chi connectivity index (χ1n) is 11.7. The predicted molar refractivity (Wildman–Crippen MR) is 128 cm³/mol. The molecule has 6 nitrogen and oxygen atoms in total. The second kappa shape index (κ2) is 11.0. The molecule has 1 fully saturated rings. The highest BCUT2D eigenvalue weighted by atomic mass is 32.2. The summed E-state index contributed by atoms with van der Waals surface area (Å²) in [6, 6.07) is 14.4. The van der Waals surface area contributed by atoms with Crippen molar-refractivity contribution in [2.75, 3.05) is 18.8 Å². The number of piperidine rings is 1. The van der Waals surface area contributed by atoms with Crippen LogP contribution in [0.4, 0.5) is 13.2 Å². The summed E-state index contributed by atoms with van der Waals surface area (Å²) >= 11 is 0. The molecule has 2 aromatic carbocycles. The van der Waals surface area contributed by atoms with Crippen molar-refractivity contribution in [1.82, 2.24) is 9.62 Å². The summed E-state index contributed by atoms with van der Waals surface area (Å²) in [5.41, 5.74) is 0.165. The lowest BCUT2D eigenvalue weighted by Crippen LogP contribution is -2.56. The van der Waals surface area contributed by atoms with E-state index in [2.05, 4.69) is 10.1 Å². The van der Waals surface area contributed by atoms with E-state index >= 15 is 0 Å². The second-order valence-corrected chi connectivity index (χ2v) is 10.8. The number of hydrogen-bond acceptors (Lipinski definition) is 4. The zero-order valence-electron chi connectivity index (χ0n) is 19.8. The Bertz CT molecular complexity index is 1100. The molecule has 1 aliphatic heterocycles. The van der Waals surface area contributed by atoms with Crippen molar-refractivity contribution in [3.63, 3.8) is 0 Å². The lowest BCUT2D eigenvalue weighted by Gasteiger charge is -2.46. The maximum atomic E-state index is 13.2. The standard InChI is InChI=1S/C25H31F3N2O4S/c1-3-18-35(32,33)30-16-14-24(15-17-30,19-10-6-5-7-11-19)22(4-2)29-23(31)20-12-8-9-13-21(20)34-25(26,27)28/h5-13,22H,3-4,14-18H2,1-2H3,(H,29,31). The van der Waals surface area contributed by atoms with E-state index in [1.807, 2.05) is 44.2 Å². The van der Waals surface area contributed by atoms with Crippen LogP contribution in [0.15, 0.2) is 54.6 Å². The number of nitrogens with zero attached hydrogens (tertiary/aromatic N) is 1. The van der Waals surface area contributed by atoms with E-state index in [-0.39, 0.29) is 11.3 Å². The zero-order chi connectivity index (χ0) is 25.7. The van der Waals surface area contributed by atoms with E-state index in [0.29, 0.717) is 38.8 Å². The molecule has 0 aliphatic carbocycles. The van der Waals surface area contributed by atoms with Crippen LogP contribution in [0.5, 0.6) is 5.75 Å². The fraction of sp³-hybridized carbons (Fsp3) is 0.480. The monoisotopic (exact) mass is 512 g/mol. The first-order valence-corrected chi connectivity index (χ1v) is 13.3. The van der Waals surface area contributed by atoms with Crippen LogP contribution in [0, 0.1) is 0 Å². The average Bonchev–Trinajstić information content (AvgIpc) is 2.82. The Hall–Kier alpha value is -2.59. The van der Waals surface area contributed by atoms with Crippen LogP contribution < -0.4 is 10.1 Å². The van der Waals surface area contributed by atoms with Gasteiger partial charge in [0.15, 0.2) is 0 Å². The molecule has 1 amide bonds. The molecule has 192 valence electrons. The molecule has 0 saturated carbocycles. The minimum Gasteiger partial charge on any atom is -0.405 e. The van der Waals surface area contributed by atoms with Gasteiger partial charge in [0.05, 0.1) is 11.3 Å². The molecule has 3 rings (SSSR count). The summed E-state index contributed by atoms with van der Waals surface area (Å²) in [6.45, 7) is 4.32. The van der Waals surface area contributed by atoms with E-state index in [0.717, 1.165) is 11.6 Å². The molecule has 2 aromatic rings. The number of nitrogens with one attached hydrogen (secondary N) is 1. The van der Waals surface area contributed by atoms with Crippen molar-refractivity contribution in [3.8, 4) is 5.75 Å². The van der Waals surface area contributed by atoms with Gasteiger partial charge in [0.25, 0.3) is 5.91 Å². The fourth-order valence-electron chi connectivity index (χ4n) is 4.89. The third-order valence-electron chi connectivity index (χ3n) is 6.56.